The molecular formula is C17H26O5. The van der Waals surface area contributed by atoms with E-state index in [0.717, 1.165) is 19.3 Å². The SMILES string of the molecule is CC12CCC(OC(=O)C[C@@H]3O[C@H](C(C)(C)C)OC3=O)C1CC2. The first kappa shape index (κ1) is 15.8. The molecule has 1 heterocycles. The first-order valence-corrected chi connectivity index (χ1v) is 8.24. The summed E-state index contributed by atoms with van der Waals surface area (Å²) >= 11 is 0. The number of carbonyl (C=O) groups excluding carboxylic acids is 2. The number of rotatable bonds is 3. The Hall–Kier alpha value is -1.10. The van der Waals surface area contributed by atoms with E-state index in [-0.39, 0.29) is 23.9 Å². The number of hydrogen-bond donors (Lipinski definition) is 0. The van der Waals surface area contributed by atoms with E-state index in [1.165, 1.54) is 6.42 Å². The van der Waals surface area contributed by atoms with Crippen LogP contribution in [0.1, 0.15) is 59.8 Å². The monoisotopic (exact) mass is 310 g/mol. The van der Waals surface area contributed by atoms with Crippen LogP contribution in [0, 0.1) is 16.7 Å². The predicted molar refractivity (Wildman–Crippen MR) is 78.8 cm³/mol. The van der Waals surface area contributed by atoms with Crippen molar-refractivity contribution in [3.8, 4) is 0 Å². The van der Waals surface area contributed by atoms with Crippen LogP contribution in [0.15, 0.2) is 0 Å². The van der Waals surface area contributed by atoms with E-state index in [9.17, 15) is 9.59 Å². The third-order valence-corrected chi connectivity index (χ3v) is 5.49. The molecule has 1 saturated heterocycles. The summed E-state index contributed by atoms with van der Waals surface area (Å²) in [6.07, 6.45) is 2.98. The van der Waals surface area contributed by atoms with E-state index in [1.54, 1.807) is 0 Å². The summed E-state index contributed by atoms with van der Waals surface area (Å²) < 4.78 is 16.4. The number of carbonyl (C=O) groups is 2. The van der Waals surface area contributed by atoms with E-state index >= 15 is 0 Å². The smallest absolute Gasteiger partial charge is 0.338 e. The maximum atomic E-state index is 12.1. The fourth-order valence-electron chi connectivity index (χ4n) is 3.86. The van der Waals surface area contributed by atoms with Crippen LogP contribution in [0.4, 0.5) is 0 Å². The average molecular weight is 310 g/mol. The van der Waals surface area contributed by atoms with Crippen molar-refractivity contribution in [2.45, 2.75) is 78.3 Å². The molecule has 124 valence electrons. The summed E-state index contributed by atoms with van der Waals surface area (Å²) in [6.45, 7) is 8.07. The molecule has 5 heteroatoms. The van der Waals surface area contributed by atoms with Crippen LogP contribution in [0.5, 0.6) is 0 Å². The van der Waals surface area contributed by atoms with Gasteiger partial charge < -0.3 is 14.2 Å². The Kier molecular flexibility index (Phi) is 3.75. The molecule has 5 atom stereocenters. The Morgan fingerprint density at radius 1 is 1.32 bits per heavy atom. The van der Waals surface area contributed by atoms with Gasteiger partial charge in [0.2, 0.25) is 6.29 Å². The minimum Gasteiger partial charge on any atom is -0.462 e. The Morgan fingerprint density at radius 3 is 2.50 bits per heavy atom. The lowest BCUT2D eigenvalue weighted by Gasteiger charge is -2.43. The molecule has 0 amide bonds. The highest BCUT2D eigenvalue weighted by atomic mass is 16.8. The van der Waals surface area contributed by atoms with Gasteiger partial charge in [-0.25, -0.2) is 4.79 Å². The van der Waals surface area contributed by atoms with Gasteiger partial charge in [-0.15, -0.1) is 0 Å². The molecule has 0 bridgehead atoms. The third kappa shape index (κ3) is 2.75. The van der Waals surface area contributed by atoms with E-state index in [2.05, 4.69) is 6.92 Å². The van der Waals surface area contributed by atoms with Crippen molar-refractivity contribution in [1.29, 1.82) is 0 Å². The molecule has 2 saturated carbocycles. The Labute approximate surface area is 131 Å². The van der Waals surface area contributed by atoms with Crippen LogP contribution in [0.25, 0.3) is 0 Å². The van der Waals surface area contributed by atoms with Crippen LogP contribution in [-0.4, -0.2) is 30.4 Å². The average Bonchev–Trinajstić information content (AvgIpc) is 2.84. The standard InChI is InChI=1S/C17H26O5/c1-16(2,3)15-21-12(14(19)22-15)9-13(18)20-11-6-8-17(4)7-5-10(11)17/h10-12,15H,5-9H2,1-4H3/t10?,11?,12-,15-,17?/m0/s1. The van der Waals surface area contributed by atoms with Crippen molar-refractivity contribution in [2.75, 3.05) is 0 Å². The number of esters is 2. The number of fused-ring (bicyclic) bond motifs is 1. The van der Waals surface area contributed by atoms with Gasteiger partial charge in [0.05, 0.1) is 6.42 Å². The van der Waals surface area contributed by atoms with Crippen molar-refractivity contribution in [3.05, 3.63) is 0 Å². The van der Waals surface area contributed by atoms with Gasteiger partial charge in [-0.05, 0) is 31.1 Å². The Morgan fingerprint density at radius 2 is 2.00 bits per heavy atom. The summed E-state index contributed by atoms with van der Waals surface area (Å²) in [5, 5.41) is 0. The molecule has 1 aliphatic heterocycles. The summed E-state index contributed by atoms with van der Waals surface area (Å²) in [4.78, 5) is 24.0. The summed E-state index contributed by atoms with van der Waals surface area (Å²) in [6, 6.07) is 0. The van der Waals surface area contributed by atoms with E-state index in [4.69, 9.17) is 14.2 Å². The zero-order chi connectivity index (χ0) is 16.1. The quantitative estimate of drug-likeness (QED) is 0.750. The second-order valence-electron chi connectivity index (χ2n) is 8.33. The lowest BCUT2D eigenvalue weighted by molar-refractivity contribution is -0.159. The van der Waals surface area contributed by atoms with Crippen LogP contribution in [0.2, 0.25) is 0 Å². The van der Waals surface area contributed by atoms with Crippen molar-refractivity contribution in [3.63, 3.8) is 0 Å². The fraction of sp³-hybridized carbons (Fsp3) is 0.882. The van der Waals surface area contributed by atoms with Crippen molar-refractivity contribution >= 4 is 11.9 Å². The van der Waals surface area contributed by atoms with Crippen molar-refractivity contribution < 1.29 is 23.8 Å². The molecule has 3 rings (SSSR count). The highest BCUT2D eigenvalue weighted by Gasteiger charge is 2.53. The molecule has 0 aromatic carbocycles. The lowest BCUT2D eigenvalue weighted by Crippen LogP contribution is -2.39. The number of cyclic esters (lactones) is 1. The highest BCUT2D eigenvalue weighted by Crippen LogP contribution is 2.58. The van der Waals surface area contributed by atoms with E-state index in [0.29, 0.717) is 11.3 Å². The number of hydrogen-bond acceptors (Lipinski definition) is 5. The summed E-state index contributed by atoms with van der Waals surface area (Å²) in [7, 11) is 0. The molecule has 0 N–H and O–H groups in total. The zero-order valence-electron chi connectivity index (χ0n) is 13.9. The second-order valence-corrected chi connectivity index (χ2v) is 8.33. The van der Waals surface area contributed by atoms with E-state index < -0.39 is 18.4 Å². The molecule has 3 aliphatic rings. The minimum absolute atomic E-state index is 0.0158. The molecule has 2 aliphatic carbocycles. The highest BCUT2D eigenvalue weighted by molar-refractivity contribution is 5.83. The summed E-state index contributed by atoms with van der Waals surface area (Å²) in [5.41, 5.74) is 0.0680. The molecule has 5 nitrogen and oxygen atoms in total. The van der Waals surface area contributed by atoms with Gasteiger partial charge in [-0.3, -0.25) is 4.79 Å². The van der Waals surface area contributed by atoms with E-state index in [1.807, 2.05) is 20.8 Å². The molecule has 22 heavy (non-hydrogen) atoms. The molecule has 0 radical (unpaired) electrons. The normalized spacial score (nSPS) is 40.8. The van der Waals surface area contributed by atoms with Crippen LogP contribution in [-0.2, 0) is 23.8 Å². The van der Waals surface area contributed by atoms with Gasteiger partial charge >= 0.3 is 11.9 Å². The molecular weight excluding hydrogens is 284 g/mol. The van der Waals surface area contributed by atoms with Gasteiger partial charge in [0.1, 0.15) is 6.10 Å². The summed E-state index contributed by atoms with van der Waals surface area (Å²) in [5.74, 6) is -0.315. The minimum atomic E-state index is -0.828. The molecule has 3 fully saturated rings. The van der Waals surface area contributed by atoms with Crippen molar-refractivity contribution in [2.24, 2.45) is 16.7 Å². The first-order valence-electron chi connectivity index (χ1n) is 8.24. The Bertz CT molecular complexity index is 480. The topological polar surface area (TPSA) is 61.8 Å². The molecule has 0 aromatic rings. The first-order chi connectivity index (χ1) is 10.2. The predicted octanol–water partition coefficient (Wildman–Crippen LogP) is 2.81. The van der Waals surface area contributed by atoms with Crippen LogP contribution in [0.3, 0.4) is 0 Å². The van der Waals surface area contributed by atoms with Crippen molar-refractivity contribution in [1.82, 2.24) is 0 Å². The Balaban J connectivity index is 1.51. The molecule has 3 unspecified atom stereocenters. The third-order valence-electron chi connectivity index (χ3n) is 5.49. The van der Waals surface area contributed by atoms with Crippen LogP contribution < -0.4 is 0 Å². The maximum absolute atomic E-state index is 12.1. The second kappa shape index (κ2) is 5.22. The van der Waals surface area contributed by atoms with Gasteiger partial charge in [0.25, 0.3) is 0 Å². The zero-order valence-corrected chi connectivity index (χ0v) is 13.9. The van der Waals surface area contributed by atoms with Gasteiger partial charge in [0, 0.05) is 11.3 Å². The fourth-order valence-corrected chi connectivity index (χ4v) is 3.86. The van der Waals surface area contributed by atoms with Gasteiger partial charge in [0.15, 0.2) is 6.10 Å². The lowest BCUT2D eigenvalue weighted by atomic mass is 9.63. The maximum Gasteiger partial charge on any atom is 0.338 e. The van der Waals surface area contributed by atoms with Crippen LogP contribution >= 0.6 is 0 Å². The molecule has 0 spiro atoms. The van der Waals surface area contributed by atoms with Gasteiger partial charge in [-0.2, -0.15) is 0 Å². The molecule has 0 aromatic heterocycles. The van der Waals surface area contributed by atoms with Gasteiger partial charge in [-0.1, -0.05) is 27.7 Å². The number of ether oxygens (including phenoxy) is 3. The largest absolute Gasteiger partial charge is 0.462 e.